The summed E-state index contributed by atoms with van der Waals surface area (Å²) in [6.45, 7) is 16.9. The summed E-state index contributed by atoms with van der Waals surface area (Å²) >= 11 is 0. The van der Waals surface area contributed by atoms with Crippen molar-refractivity contribution in [1.29, 1.82) is 0 Å². The number of amides is 1. The van der Waals surface area contributed by atoms with Crippen molar-refractivity contribution in [1.82, 2.24) is 5.32 Å². The smallest absolute Gasteiger partial charge is 0.220 e. The van der Waals surface area contributed by atoms with Crippen LogP contribution in [-0.2, 0) is 4.79 Å². The first-order valence-corrected chi connectivity index (χ1v) is 7.97. The average molecular weight is 284 g/mol. The molecular formula is C17H36N2O. The standard InChI is InChI=1S/C17H36N2O/c1-13(2)17(6,7)12-19-15(20)9-8-14(10-11-18)16(3,4)5/h13-14H,8-12,18H2,1-7H3,(H,19,20). The van der Waals surface area contributed by atoms with E-state index in [4.69, 9.17) is 5.73 Å². The Morgan fingerprint density at radius 2 is 1.65 bits per heavy atom. The van der Waals surface area contributed by atoms with Gasteiger partial charge < -0.3 is 11.1 Å². The van der Waals surface area contributed by atoms with Gasteiger partial charge in [0.25, 0.3) is 0 Å². The molecule has 20 heavy (non-hydrogen) atoms. The maximum Gasteiger partial charge on any atom is 0.220 e. The van der Waals surface area contributed by atoms with Crippen LogP contribution >= 0.6 is 0 Å². The first kappa shape index (κ1) is 19.4. The lowest BCUT2D eigenvalue weighted by Crippen LogP contribution is -2.37. The van der Waals surface area contributed by atoms with Gasteiger partial charge in [-0.25, -0.2) is 0 Å². The molecule has 120 valence electrons. The SMILES string of the molecule is CC(C)C(C)(C)CNC(=O)CCC(CCN)C(C)(C)C. The van der Waals surface area contributed by atoms with Crippen LogP contribution in [0.25, 0.3) is 0 Å². The van der Waals surface area contributed by atoms with E-state index in [1.807, 2.05) is 0 Å². The van der Waals surface area contributed by atoms with Crippen LogP contribution in [0.5, 0.6) is 0 Å². The Kier molecular flexibility index (Phi) is 7.79. The van der Waals surface area contributed by atoms with Crippen LogP contribution in [0.2, 0.25) is 0 Å². The van der Waals surface area contributed by atoms with E-state index in [0.29, 0.717) is 24.8 Å². The lowest BCUT2D eigenvalue weighted by atomic mass is 9.76. The van der Waals surface area contributed by atoms with Crippen LogP contribution in [0, 0.1) is 22.7 Å². The zero-order valence-electron chi connectivity index (χ0n) is 14.7. The van der Waals surface area contributed by atoms with Crippen molar-refractivity contribution in [2.24, 2.45) is 28.4 Å². The Morgan fingerprint density at radius 3 is 2.05 bits per heavy atom. The molecule has 0 aromatic rings. The van der Waals surface area contributed by atoms with Gasteiger partial charge in [-0.05, 0) is 42.1 Å². The Bertz CT molecular complexity index is 290. The Labute approximate surface area is 126 Å². The van der Waals surface area contributed by atoms with Gasteiger partial charge >= 0.3 is 0 Å². The topological polar surface area (TPSA) is 55.1 Å². The summed E-state index contributed by atoms with van der Waals surface area (Å²) in [5.41, 5.74) is 6.05. The van der Waals surface area contributed by atoms with Crippen molar-refractivity contribution in [3.8, 4) is 0 Å². The van der Waals surface area contributed by atoms with Gasteiger partial charge in [0.1, 0.15) is 0 Å². The molecule has 0 spiro atoms. The maximum atomic E-state index is 12.0. The Hall–Kier alpha value is -0.570. The lowest BCUT2D eigenvalue weighted by molar-refractivity contribution is -0.122. The minimum Gasteiger partial charge on any atom is -0.356 e. The van der Waals surface area contributed by atoms with Crippen LogP contribution in [0.4, 0.5) is 0 Å². The fourth-order valence-corrected chi connectivity index (χ4v) is 2.14. The quantitative estimate of drug-likeness (QED) is 0.716. The molecule has 0 saturated heterocycles. The third-order valence-electron chi connectivity index (χ3n) is 4.76. The zero-order chi connectivity index (χ0) is 16.0. The van der Waals surface area contributed by atoms with Gasteiger partial charge in [0, 0.05) is 13.0 Å². The molecule has 1 amide bonds. The molecule has 0 aliphatic rings. The molecular weight excluding hydrogens is 248 g/mol. The second kappa shape index (κ2) is 8.02. The molecule has 0 saturated carbocycles. The third kappa shape index (κ3) is 7.28. The van der Waals surface area contributed by atoms with E-state index < -0.39 is 0 Å². The predicted molar refractivity (Wildman–Crippen MR) is 87.5 cm³/mol. The highest BCUT2D eigenvalue weighted by Gasteiger charge is 2.25. The fraction of sp³-hybridized carbons (Fsp3) is 0.941. The second-order valence-electron chi connectivity index (χ2n) is 8.10. The number of rotatable bonds is 8. The normalized spacial score (nSPS) is 14.4. The zero-order valence-corrected chi connectivity index (χ0v) is 14.7. The number of hydrogen-bond donors (Lipinski definition) is 2. The van der Waals surface area contributed by atoms with E-state index in [2.05, 4.69) is 53.8 Å². The molecule has 0 heterocycles. The molecule has 3 N–H and O–H groups in total. The largest absolute Gasteiger partial charge is 0.356 e. The van der Waals surface area contributed by atoms with E-state index in [9.17, 15) is 4.79 Å². The van der Waals surface area contributed by atoms with Crippen LogP contribution < -0.4 is 11.1 Å². The molecule has 0 fully saturated rings. The van der Waals surface area contributed by atoms with Gasteiger partial charge in [-0.3, -0.25) is 4.79 Å². The Morgan fingerprint density at radius 1 is 1.10 bits per heavy atom. The molecule has 0 radical (unpaired) electrons. The molecule has 0 aromatic carbocycles. The minimum atomic E-state index is 0.149. The summed E-state index contributed by atoms with van der Waals surface area (Å²) in [7, 11) is 0. The van der Waals surface area contributed by atoms with E-state index in [1.54, 1.807) is 0 Å². The van der Waals surface area contributed by atoms with Crippen LogP contribution in [0.15, 0.2) is 0 Å². The van der Waals surface area contributed by atoms with E-state index in [-0.39, 0.29) is 16.7 Å². The first-order chi connectivity index (χ1) is 9.00. The molecule has 0 bridgehead atoms. The summed E-state index contributed by atoms with van der Waals surface area (Å²) in [5, 5.41) is 3.08. The van der Waals surface area contributed by atoms with Crippen molar-refractivity contribution >= 4 is 5.91 Å². The third-order valence-corrected chi connectivity index (χ3v) is 4.76. The molecule has 3 nitrogen and oxygen atoms in total. The van der Waals surface area contributed by atoms with Gasteiger partial charge in [0.05, 0.1) is 0 Å². The lowest BCUT2D eigenvalue weighted by Gasteiger charge is -2.31. The summed E-state index contributed by atoms with van der Waals surface area (Å²) < 4.78 is 0. The summed E-state index contributed by atoms with van der Waals surface area (Å²) in [4.78, 5) is 12.0. The summed E-state index contributed by atoms with van der Waals surface area (Å²) in [5.74, 6) is 1.24. The van der Waals surface area contributed by atoms with E-state index in [1.165, 1.54) is 0 Å². The van der Waals surface area contributed by atoms with Crippen molar-refractivity contribution < 1.29 is 4.79 Å². The van der Waals surface area contributed by atoms with Gasteiger partial charge in [-0.15, -0.1) is 0 Å². The number of carbonyl (C=O) groups is 1. The molecule has 0 aromatic heterocycles. The van der Waals surface area contributed by atoms with Gasteiger partial charge in [0.15, 0.2) is 0 Å². The second-order valence-corrected chi connectivity index (χ2v) is 8.10. The van der Waals surface area contributed by atoms with Gasteiger partial charge in [0.2, 0.25) is 5.91 Å². The van der Waals surface area contributed by atoms with E-state index in [0.717, 1.165) is 19.4 Å². The van der Waals surface area contributed by atoms with Crippen LogP contribution in [0.3, 0.4) is 0 Å². The first-order valence-electron chi connectivity index (χ1n) is 7.97. The van der Waals surface area contributed by atoms with Crippen molar-refractivity contribution in [3.05, 3.63) is 0 Å². The molecule has 1 atom stereocenters. The van der Waals surface area contributed by atoms with E-state index >= 15 is 0 Å². The molecule has 0 aliphatic carbocycles. The van der Waals surface area contributed by atoms with Crippen molar-refractivity contribution in [3.63, 3.8) is 0 Å². The Balaban J connectivity index is 4.21. The number of nitrogens with one attached hydrogen (secondary N) is 1. The highest BCUT2D eigenvalue weighted by atomic mass is 16.1. The number of hydrogen-bond acceptors (Lipinski definition) is 2. The highest BCUT2D eigenvalue weighted by molar-refractivity contribution is 5.75. The molecule has 3 heteroatoms. The van der Waals surface area contributed by atoms with Crippen LogP contribution in [-0.4, -0.2) is 19.0 Å². The molecule has 0 aliphatic heterocycles. The number of carbonyl (C=O) groups excluding carboxylic acids is 1. The van der Waals surface area contributed by atoms with Crippen LogP contribution in [0.1, 0.15) is 67.7 Å². The summed E-state index contributed by atoms with van der Waals surface area (Å²) in [6.07, 6.45) is 2.53. The molecule has 0 rings (SSSR count). The molecule has 1 unspecified atom stereocenters. The minimum absolute atomic E-state index is 0.149. The predicted octanol–water partition coefficient (Wildman–Crippen LogP) is 3.58. The summed E-state index contributed by atoms with van der Waals surface area (Å²) in [6, 6.07) is 0. The van der Waals surface area contributed by atoms with Gasteiger partial charge in [-0.1, -0.05) is 48.5 Å². The van der Waals surface area contributed by atoms with Crippen molar-refractivity contribution in [2.45, 2.75) is 67.7 Å². The fourth-order valence-electron chi connectivity index (χ4n) is 2.14. The maximum absolute atomic E-state index is 12.0. The van der Waals surface area contributed by atoms with Gasteiger partial charge in [-0.2, -0.15) is 0 Å². The van der Waals surface area contributed by atoms with Crippen molar-refractivity contribution in [2.75, 3.05) is 13.1 Å². The highest BCUT2D eigenvalue weighted by Crippen LogP contribution is 2.32. The monoisotopic (exact) mass is 284 g/mol. The number of nitrogens with two attached hydrogens (primary N) is 1. The average Bonchev–Trinajstić information content (AvgIpc) is 2.30.